The Morgan fingerprint density at radius 1 is 0.897 bits per heavy atom. The monoisotopic (exact) mass is 388 g/mol. The Morgan fingerprint density at radius 3 is 2.34 bits per heavy atom. The van der Waals surface area contributed by atoms with E-state index in [1.807, 2.05) is 54.6 Å². The fourth-order valence-corrected chi connectivity index (χ4v) is 3.42. The molecule has 29 heavy (non-hydrogen) atoms. The largest absolute Gasteiger partial charge is 0.455 e. The van der Waals surface area contributed by atoms with E-state index in [1.54, 1.807) is 12.4 Å². The van der Waals surface area contributed by atoms with E-state index in [-0.39, 0.29) is 11.9 Å². The van der Waals surface area contributed by atoms with Crippen LogP contribution in [0.4, 0.5) is 11.6 Å². The van der Waals surface area contributed by atoms with Crippen LogP contribution in [0.3, 0.4) is 0 Å². The Bertz CT molecular complexity index is 939. The summed E-state index contributed by atoms with van der Waals surface area (Å²) in [7, 11) is 0. The van der Waals surface area contributed by atoms with E-state index in [9.17, 15) is 4.79 Å². The summed E-state index contributed by atoms with van der Waals surface area (Å²) in [6.45, 7) is 0. The highest BCUT2D eigenvalue weighted by atomic mass is 16.5. The van der Waals surface area contributed by atoms with Crippen molar-refractivity contribution in [3.63, 3.8) is 0 Å². The molecule has 1 amide bonds. The van der Waals surface area contributed by atoms with Crippen molar-refractivity contribution in [1.82, 2.24) is 15.3 Å². The quantitative estimate of drug-likeness (QED) is 0.616. The summed E-state index contributed by atoms with van der Waals surface area (Å²) in [4.78, 5) is 21.0. The number of carbonyl (C=O) groups excluding carboxylic acids is 1. The SMILES string of the molecule is O=C(NC1CCCCC1)c1cnc(Nc2ccccc2Oc2ccccc2)nc1. The Labute approximate surface area is 170 Å². The molecule has 0 aliphatic heterocycles. The molecular formula is C23H24N4O2. The minimum Gasteiger partial charge on any atom is -0.455 e. The number of ether oxygens (including phenoxy) is 1. The molecule has 148 valence electrons. The lowest BCUT2D eigenvalue weighted by Crippen LogP contribution is -2.36. The van der Waals surface area contributed by atoms with Crippen LogP contribution in [0.15, 0.2) is 67.0 Å². The average molecular weight is 388 g/mol. The first-order chi connectivity index (χ1) is 14.3. The second-order valence-corrected chi connectivity index (χ2v) is 7.14. The van der Waals surface area contributed by atoms with Crippen molar-refractivity contribution in [3.8, 4) is 11.5 Å². The summed E-state index contributed by atoms with van der Waals surface area (Å²) >= 11 is 0. The fraction of sp³-hybridized carbons (Fsp3) is 0.261. The van der Waals surface area contributed by atoms with Gasteiger partial charge in [-0.15, -0.1) is 0 Å². The summed E-state index contributed by atoms with van der Waals surface area (Å²) in [6, 6.07) is 17.4. The van der Waals surface area contributed by atoms with Gasteiger partial charge in [-0.25, -0.2) is 9.97 Å². The molecule has 6 heteroatoms. The number of rotatable bonds is 6. The van der Waals surface area contributed by atoms with Crippen LogP contribution < -0.4 is 15.4 Å². The first kappa shape index (κ1) is 18.9. The highest BCUT2D eigenvalue weighted by molar-refractivity contribution is 5.93. The molecule has 0 radical (unpaired) electrons. The Hall–Kier alpha value is -3.41. The molecule has 4 rings (SSSR count). The predicted octanol–water partition coefficient (Wildman–Crippen LogP) is 5.08. The van der Waals surface area contributed by atoms with Gasteiger partial charge in [-0.3, -0.25) is 4.79 Å². The number of hydrogen-bond donors (Lipinski definition) is 2. The van der Waals surface area contributed by atoms with Crippen LogP contribution in [-0.2, 0) is 0 Å². The van der Waals surface area contributed by atoms with Crippen molar-refractivity contribution in [2.45, 2.75) is 38.1 Å². The third-order valence-corrected chi connectivity index (χ3v) is 4.96. The third kappa shape index (κ3) is 5.10. The van der Waals surface area contributed by atoms with Gasteiger partial charge in [0.15, 0.2) is 5.75 Å². The van der Waals surface area contributed by atoms with Crippen LogP contribution in [0.1, 0.15) is 42.5 Å². The predicted molar refractivity (Wildman–Crippen MR) is 113 cm³/mol. The number of benzene rings is 2. The highest BCUT2D eigenvalue weighted by Crippen LogP contribution is 2.30. The lowest BCUT2D eigenvalue weighted by atomic mass is 9.95. The molecule has 1 aliphatic rings. The molecule has 0 bridgehead atoms. The number of amides is 1. The Balaban J connectivity index is 1.42. The molecule has 0 atom stereocenters. The maximum absolute atomic E-state index is 12.4. The molecule has 0 spiro atoms. The second kappa shape index (κ2) is 9.19. The molecule has 1 saturated carbocycles. The smallest absolute Gasteiger partial charge is 0.254 e. The maximum Gasteiger partial charge on any atom is 0.254 e. The molecule has 1 aliphatic carbocycles. The fourth-order valence-electron chi connectivity index (χ4n) is 3.42. The molecule has 1 heterocycles. The third-order valence-electron chi connectivity index (χ3n) is 4.96. The number of anilines is 2. The van der Waals surface area contributed by atoms with Gasteiger partial charge in [0.1, 0.15) is 5.75 Å². The van der Waals surface area contributed by atoms with Gasteiger partial charge in [0.2, 0.25) is 5.95 Å². The van der Waals surface area contributed by atoms with Gasteiger partial charge >= 0.3 is 0 Å². The topological polar surface area (TPSA) is 76.1 Å². The zero-order valence-corrected chi connectivity index (χ0v) is 16.2. The normalized spacial score (nSPS) is 14.2. The van der Waals surface area contributed by atoms with Crippen molar-refractivity contribution in [2.24, 2.45) is 0 Å². The van der Waals surface area contributed by atoms with Crippen LogP contribution in [0.25, 0.3) is 0 Å². The van der Waals surface area contributed by atoms with Gasteiger partial charge in [-0.1, -0.05) is 49.6 Å². The van der Waals surface area contributed by atoms with E-state index in [0.29, 0.717) is 17.3 Å². The van der Waals surface area contributed by atoms with E-state index in [1.165, 1.54) is 19.3 Å². The van der Waals surface area contributed by atoms with Crippen LogP contribution in [0, 0.1) is 0 Å². The summed E-state index contributed by atoms with van der Waals surface area (Å²) in [5.41, 5.74) is 1.21. The van der Waals surface area contributed by atoms with Crippen molar-refractivity contribution in [1.29, 1.82) is 0 Å². The number of carbonyl (C=O) groups is 1. The van der Waals surface area contributed by atoms with Crippen molar-refractivity contribution < 1.29 is 9.53 Å². The number of nitrogens with one attached hydrogen (secondary N) is 2. The Morgan fingerprint density at radius 2 is 1.59 bits per heavy atom. The van der Waals surface area contributed by atoms with E-state index in [4.69, 9.17) is 4.74 Å². The van der Waals surface area contributed by atoms with E-state index >= 15 is 0 Å². The number of nitrogens with zero attached hydrogens (tertiary/aromatic N) is 2. The first-order valence-electron chi connectivity index (χ1n) is 10.00. The number of hydrogen-bond acceptors (Lipinski definition) is 5. The van der Waals surface area contributed by atoms with Crippen LogP contribution in [-0.4, -0.2) is 21.9 Å². The summed E-state index contributed by atoms with van der Waals surface area (Å²) in [6.07, 6.45) is 8.80. The zero-order valence-electron chi connectivity index (χ0n) is 16.2. The van der Waals surface area contributed by atoms with E-state index < -0.39 is 0 Å². The highest BCUT2D eigenvalue weighted by Gasteiger charge is 2.17. The minimum absolute atomic E-state index is 0.115. The van der Waals surface area contributed by atoms with Crippen LogP contribution in [0.2, 0.25) is 0 Å². The summed E-state index contributed by atoms with van der Waals surface area (Å²) in [5, 5.41) is 6.24. The van der Waals surface area contributed by atoms with Crippen LogP contribution >= 0.6 is 0 Å². The van der Waals surface area contributed by atoms with Crippen LogP contribution in [0.5, 0.6) is 11.5 Å². The van der Waals surface area contributed by atoms with Gasteiger partial charge in [0.25, 0.3) is 5.91 Å². The minimum atomic E-state index is -0.115. The standard InChI is InChI=1S/C23H24N4O2/c28-22(26-18-9-3-1-4-10-18)17-15-24-23(25-16-17)27-20-13-7-8-14-21(20)29-19-11-5-2-6-12-19/h2,5-8,11-16,18H,1,3-4,9-10H2,(H,26,28)(H,24,25,27). The van der Waals surface area contributed by atoms with Gasteiger partial charge < -0.3 is 15.4 Å². The van der Waals surface area contributed by atoms with E-state index in [2.05, 4.69) is 20.6 Å². The van der Waals surface area contributed by atoms with Crippen molar-refractivity contribution in [2.75, 3.05) is 5.32 Å². The molecule has 0 saturated heterocycles. The maximum atomic E-state index is 12.4. The molecule has 6 nitrogen and oxygen atoms in total. The molecule has 2 aromatic carbocycles. The number of para-hydroxylation sites is 3. The molecule has 0 unspecified atom stereocenters. The lowest BCUT2D eigenvalue weighted by Gasteiger charge is -2.22. The number of aromatic nitrogens is 2. The molecule has 2 N–H and O–H groups in total. The lowest BCUT2D eigenvalue weighted by molar-refractivity contribution is 0.0927. The van der Waals surface area contributed by atoms with E-state index in [0.717, 1.165) is 24.3 Å². The van der Waals surface area contributed by atoms with Gasteiger partial charge in [0, 0.05) is 18.4 Å². The summed E-state index contributed by atoms with van der Waals surface area (Å²) < 4.78 is 5.95. The molecular weight excluding hydrogens is 364 g/mol. The molecule has 1 aromatic heterocycles. The van der Waals surface area contributed by atoms with Gasteiger partial charge in [0.05, 0.1) is 11.3 Å². The average Bonchev–Trinajstić information content (AvgIpc) is 2.77. The summed E-state index contributed by atoms with van der Waals surface area (Å²) in [5.74, 6) is 1.71. The van der Waals surface area contributed by atoms with Crippen molar-refractivity contribution >= 4 is 17.5 Å². The molecule has 1 fully saturated rings. The van der Waals surface area contributed by atoms with Crippen molar-refractivity contribution in [3.05, 3.63) is 72.6 Å². The Kier molecular flexibility index (Phi) is 6.00. The molecule has 3 aromatic rings. The van der Waals surface area contributed by atoms with Gasteiger partial charge in [-0.2, -0.15) is 0 Å². The first-order valence-corrected chi connectivity index (χ1v) is 10.00. The van der Waals surface area contributed by atoms with Gasteiger partial charge in [-0.05, 0) is 37.1 Å². The second-order valence-electron chi connectivity index (χ2n) is 7.14. The zero-order chi connectivity index (χ0) is 19.9.